The van der Waals surface area contributed by atoms with Crippen LogP contribution in [0.25, 0.3) is 5.57 Å². The van der Waals surface area contributed by atoms with Crippen molar-refractivity contribution >= 4 is 29.3 Å². The van der Waals surface area contributed by atoms with E-state index < -0.39 is 17.8 Å². The summed E-state index contributed by atoms with van der Waals surface area (Å²) in [7, 11) is 1.27. The Balaban J connectivity index is 2.01. The van der Waals surface area contributed by atoms with Crippen LogP contribution in [0.3, 0.4) is 0 Å². The van der Waals surface area contributed by atoms with E-state index in [-0.39, 0.29) is 25.4 Å². The number of esters is 1. The summed E-state index contributed by atoms with van der Waals surface area (Å²) < 4.78 is 4.68. The highest BCUT2D eigenvalue weighted by molar-refractivity contribution is 6.12. The zero-order valence-corrected chi connectivity index (χ0v) is 16.2. The highest BCUT2D eigenvalue weighted by Gasteiger charge is 2.22. The second-order valence-corrected chi connectivity index (χ2v) is 6.66. The van der Waals surface area contributed by atoms with E-state index in [1.807, 2.05) is 24.3 Å². The van der Waals surface area contributed by atoms with Crippen LogP contribution >= 0.6 is 0 Å². The third-order valence-electron chi connectivity index (χ3n) is 4.35. The molecule has 1 heterocycles. The van der Waals surface area contributed by atoms with Gasteiger partial charge in [-0.3, -0.25) is 19.3 Å². The van der Waals surface area contributed by atoms with E-state index in [9.17, 15) is 19.2 Å². The number of carbonyl (C=O) groups is 4. The van der Waals surface area contributed by atoms with Crippen molar-refractivity contribution in [2.45, 2.75) is 26.2 Å². The Bertz CT molecular complexity index is 804. The van der Waals surface area contributed by atoms with Crippen molar-refractivity contribution in [3.05, 3.63) is 53.6 Å². The van der Waals surface area contributed by atoms with Crippen LogP contribution in [0.15, 0.2) is 42.5 Å². The molecule has 0 unspecified atom stereocenters. The molecule has 0 saturated carbocycles. The van der Waals surface area contributed by atoms with Gasteiger partial charge in [0.1, 0.15) is 0 Å². The van der Waals surface area contributed by atoms with E-state index >= 15 is 0 Å². The van der Waals surface area contributed by atoms with Crippen molar-refractivity contribution < 1.29 is 23.9 Å². The molecule has 0 radical (unpaired) electrons. The Morgan fingerprint density at radius 1 is 1.11 bits per heavy atom. The molecule has 7 nitrogen and oxygen atoms in total. The molecule has 0 aromatic heterocycles. The van der Waals surface area contributed by atoms with Crippen molar-refractivity contribution in [1.82, 2.24) is 10.2 Å². The lowest BCUT2D eigenvalue weighted by molar-refractivity contribution is -0.137. The molecule has 0 saturated heterocycles. The third-order valence-corrected chi connectivity index (χ3v) is 4.35. The number of amides is 3. The Kier molecular flexibility index (Phi) is 7.26. The zero-order valence-electron chi connectivity index (χ0n) is 16.2. The van der Waals surface area contributed by atoms with E-state index in [1.54, 1.807) is 0 Å². The maximum Gasteiger partial charge on any atom is 0.330 e. The quantitative estimate of drug-likeness (QED) is 0.419. The number of imide groups is 1. The van der Waals surface area contributed by atoms with Crippen molar-refractivity contribution in [2.24, 2.45) is 0 Å². The van der Waals surface area contributed by atoms with Gasteiger partial charge in [-0.2, -0.15) is 0 Å². The molecule has 0 spiro atoms. The molecule has 0 bridgehead atoms. The topological polar surface area (TPSA) is 92.8 Å². The highest BCUT2D eigenvalue weighted by atomic mass is 16.5. The van der Waals surface area contributed by atoms with Gasteiger partial charge < -0.3 is 10.1 Å². The van der Waals surface area contributed by atoms with Crippen molar-refractivity contribution in [3.8, 4) is 0 Å². The SMILES string of the molecule is COC(=O)/C=C(\CC(=O)NCCN1C(=O)C=CC1=O)c1ccc(C(C)C)cc1. The molecule has 3 amide bonds. The van der Waals surface area contributed by atoms with Crippen LogP contribution in [0.4, 0.5) is 0 Å². The number of hydrogen-bond acceptors (Lipinski definition) is 5. The zero-order chi connectivity index (χ0) is 20.7. The van der Waals surface area contributed by atoms with Crippen molar-refractivity contribution in [1.29, 1.82) is 0 Å². The number of rotatable bonds is 8. The Labute approximate surface area is 164 Å². The number of methoxy groups -OCH3 is 1. The summed E-state index contributed by atoms with van der Waals surface area (Å²) in [6.45, 7) is 4.39. The van der Waals surface area contributed by atoms with Gasteiger partial charge in [0.15, 0.2) is 0 Å². The summed E-state index contributed by atoms with van der Waals surface area (Å²) in [5.41, 5.74) is 2.42. The second kappa shape index (κ2) is 9.64. The van der Waals surface area contributed by atoms with Crippen LogP contribution in [-0.4, -0.2) is 48.8 Å². The first-order valence-electron chi connectivity index (χ1n) is 9.01. The minimum absolute atomic E-state index is 0.0315. The maximum atomic E-state index is 12.3. The molecule has 0 aliphatic carbocycles. The van der Waals surface area contributed by atoms with Crippen molar-refractivity contribution in [3.63, 3.8) is 0 Å². The summed E-state index contributed by atoms with van der Waals surface area (Å²) in [6, 6.07) is 7.65. The smallest absolute Gasteiger partial charge is 0.330 e. The fourth-order valence-corrected chi connectivity index (χ4v) is 2.71. The molecule has 1 N–H and O–H groups in total. The van der Waals surface area contributed by atoms with Crippen LogP contribution in [-0.2, 0) is 23.9 Å². The fraction of sp³-hybridized carbons (Fsp3) is 0.333. The van der Waals surface area contributed by atoms with Gasteiger partial charge in [-0.05, 0) is 22.6 Å². The fourth-order valence-electron chi connectivity index (χ4n) is 2.71. The number of hydrogen-bond donors (Lipinski definition) is 1. The lowest BCUT2D eigenvalue weighted by Gasteiger charge is -2.15. The Morgan fingerprint density at radius 3 is 2.25 bits per heavy atom. The lowest BCUT2D eigenvalue weighted by atomic mass is 9.97. The van der Waals surface area contributed by atoms with Gasteiger partial charge in [0, 0.05) is 31.3 Å². The van der Waals surface area contributed by atoms with Crippen molar-refractivity contribution in [2.75, 3.05) is 20.2 Å². The predicted octanol–water partition coefficient (Wildman–Crippen LogP) is 1.80. The molecule has 1 aliphatic rings. The van der Waals surface area contributed by atoms with E-state index in [2.05, 4.69) is 23.9 Å². The molecule has 148 valence electrons. The van der Waals surface area contributed by atoms with Gasteiger partial charge in [-0.1, -0.05) is 38.1 Å². The van der Waals surface area contributed by atoms with Gasteiger partial charge in [0.2, 0.25) is 5.91 Å². The molecule has 1 aliphatic heterocycles. The average Bonchev–Trinajstić information content (AvgIpc) is 2.99. The van der Waals surface area contributed by atoms with E-state index in [1.165, 1.54) is 25.3 Å². The highest BCUT2D eigenvalue weighted by Crippen LogP contribution is 2.22. The molecule has 28 heavy (non-hydrogen) atoms. The van der Waals surface area contributed by atoms with Gasteiger partial charge in [0.05, 0.1) is 13.5 Å². The molecule has 7 heteroatoms. The summed E-state index contributed by atoms with van der Waals surface area (Å²) >= 11 is 0. The van der Waals surface area contributed by atoms with Gasteiger partial charge in [-0.15, -0.1) is 0 Å². The Morgan fingerprint density at radius 2 is 1.71 bits per heavy atom. The summed E-state index contributed by atoms with van der Waals surface area (Å²) in [5, 5.41) is 2.67. The number of carbonyl (C=O) groups excluding carboxylic acids is 4. The van der Waals surface area contributed by atoms with Gasteiger partial charge in [0.25, 0.3) is 11.8 Å². The molecular formula is C21H24N2O5. The lowest BCUT2D eigenvalue weighted by Crippen LogP contribution is -2.38. The van der Waals surface area contributed by atoms with Gasteiger partial charge in [-0.25, -0.2) is 4.79 Å². The first-order valence-corrected chi connectivity index (χ1v) is 9.01. The van der Waals surface area contributed by atoms with Crippen LogP contribution in [0.1, 0.15) is 37.3 Å². The summed E-state index contributed by atoms with van der Waals surface area (Å²) in [5.74, 6) is -1.28. The monoisotopic (exact) mass is 384 g/mol. The second-order valence-electron chi connectivity index (χ2n) is 6.66. The molecule has 0 atom stereocenters. The molecule has 0 fully saturated rings. The number of ether oxygens (including phenoxy) is 1. The number of nitrogens with zero attached hydrogens (tertiary/aromatic N) is 1. The number of benzene rings is 1. The first kappa shape index (κ1) is 21.1. The normalized spacial score (nSPS) is 14.0. The van der Waals surface area contributed by atoms with Crippen LogP contribution in [0, 0.1) is 0 Å². The first-order chi connectivity index (χ1) is 13.3. The minimum atomic E-state index is -0.546. The summed E-state index contributed by atoms with van der Waals surface area (Å²) in [4.78, 5) is 48.0. The van der Waals surface area contributed by atoms with Crippen LogP contribution < -0.4 is 5.32 Å². The molecular weight excluding hydrogens is 360 g/mol. The van der Waals surface area contributed by atoms with E-state index in [0.717, 1.165) is 16.0 Å². The van der Waals surface area contributed by atoms with Crippen LogP contribution in [0.2, 0.25) is 0 Å². The van der Waals surface area contributed by atoms with Crippen LogP contribution in [0.5, 0.6) is 0 Å². The van der Waals surface area contributed by atoms with E-state index in [4.69, 9.17) is 0 Å². The minimum Gasteiger partial charge on any atom is -0.466 e. The summed E-state index contributed by atoms with van der Waals surface area (Å²) in [6.07, 6.45) is 3.65. The molecule has 1 aromatic carbocycles. The average molecular weight is 384 g/mol. The van der Waals surface area contributed by atoms with Gasteiger partial charge >= 0.3 is 5.97 Å². The largest absolute Gasteiger partial charge is 0.466 e. The maximum absolute atomic E-state index is 12.3. The Hall–Kier alpha value is -3.22. The molecule has 1 aromatic rings. The molecule has 2 rings (SSSR count). The third kappa shape index (κ3) is 5.64. The number of nitrogens with one attached hydrogen (secondary N) is 1. The van der Waals surface area contributed by atoms with E-state index in [0.29, 0.717) is 11.5 Å². The predicted molar refractivity (Wildman–Crippen MR) is 104 cm³/mol. The standard InChI is InChI=1S/C21H24N2O5/c1-14(2)15-4-6-16(7-5-15)17(13-21(27)28-3)12-18(24)22-10-11-23-19(25)8-9-20(23)26/h4-9,13-14H,10-12H2,1-3H3,(H,22,24)/b17-13+.